The fraction of sp³-hybridized carbons (Fsp3) is 0.300. The maximum Gasteiger partial charge on any atom is 0.328 e. The third-order valence-electron chi connectivity index (χ3n) is 1.93. The number of aryl methyl sites for hydroxylation is 1. The predicted octanol–water partition coefficient (Wildman–Crippen LogP) is 1.96. The van der Waals surface area contributed by atoms with Crippen LogP contribution in [0.2, 0.25) is 0 Å². The van der Waals surface area contributed by atoms with Crippen LogP contribution in [0.1, 0.15) is 16.5 Å². The van der Waals surface area contributed by atoms with Gasteiger partial charge in [-0.05, 0) is 31.0 Å². The maximum atomic E-state index is 10.4. The molecule has 3 nitrogen and oxygen atoms in total. The number of carboxylic acids is 1. The molecule has 14 heavy (non-hydrogen) atoms. The summed E-state index contributed by atoms with van der Waals surface area (Å²) in [4.78, 5) is 11.5. The van der Waals surface area contributed by atoms with Gasteiger partial charge in [0.25, 0.3) is 0 Å². The van der Waals surface area contributed by atoms with Crippen molar-refractivity contribution in [1.82, 2.24) is 5.32 Å². The van der Waals surface area contributed by atoms with Gasteiger partial charge in [0, 0.05) is 11.0 Å². The average molecular weight is 211 g/mol. The second-order valence-corrected chi connectivity index (χ2v) is 3.88. The van der Waals surface area contributed by atoms with Gasteiger partial charge in [-0.2, -0.15) is 0 Å². The normalized spacial score (nSPS) is 13.3. The van der Waals surface area contributed by atoms with Crippen LogP contribution in [0.3, 0.4) is 0 Å². The standard InChI is InChI=1S/C10H13NO2S/c1-7-5-6-14-10(7)8(11-2)3-4-9(12)13/h3-6,8,11H,1-2H3,(H,12,13)/b4-3+. The molecule has 0 aliphatic rings. The highest BCUT2D eigenvalue weighted by Crippen LogP contribution is 2.24. The molecule has 1 rings (SSSR count). The fourth-order valence-electron chi connectivity index (χ4n) is 1.20. The van der Waals surface area contributed by atoms with E-state index in [0.29, 0.717) is 0 Å². The molecule has 1 heterocycles. The van der Waals surface area contributed by atoms with Crippen LogP contribution in [0, 0.1) is 6.92 Å². The Morgan fingerprint density at radius 3 is 2.86 bits per heavy atom. The molecule has 0 saturated heterocycles. The number of aliphatic carboxylic acids is 1. The Morgan fingerprint density at radius 1 is 1.71 bits per heavy atom. The summed E-state index contributed by atoms with van der Waals surface area (Å²) >= 11 is 1.63. The summed E-state index contributed by atoms with van der Waals surface area (Å²) in [6.45, 7) is 2.02. The summed E-state index contributed by atoms with van der Waals surface area (Å²) in [7, 11) is 1.82. The first-order valence-electron chi connectivity index (χ1n) is 4.27. The molecule has 2 N–H and O–H groups in total. The molecule has 1 atom stereocenters. The largest absolute Gasteiger partial charge is 0.478 e. The van der Waals surface area contributed by atoms with Gasteiger partial charge in [0.1, 0.15) is 0 Å². The summed E-state index contributed by atoms with van der Waals surface area (Å²) in [6.07, 6.45) is 2.82. The first kappa shape index (κ1) is 10.9. The van der Waals surface area contributed by atoms with Gasteiger partial charge in [-0.1, -0.05) is 6.08 Å². The molecule has 0 radical (unpaired) electrons. The molecule has 1 unspecified atom stereocenters. The van der Waals surface area contributed by atoms with Gasteiger partial charge in [0.15, 0.2) is 0 Å². The van der Waals surface area contributed by atoms with Crippen LogP contribution in [0.4, 0.5) is 0 Å². The van der Waals surface area contributed by atoms with E-state index in [1.807, 2.05) is 25.4 Å². The van der Waals surface area contributed by atoms with Crippen LogP contribution in [0.5, 0.6) is 0 Å². The van der Waals surface area contributed by atoms with E-state index in [9.17, 15) is 4.79 Å². The minimum atomic E-state index is -0.917. The van der Waals surface area contributed by atoms with Gasteiger partial charge in [0.2, 0.25) is 0 Å². The topological polar surface area (TPSA) is 49.3 Å². The lowest BCUT2D eigenvalue weighted by molar-refractivity contribution is -0.131. The minimum absolute atomic E-state index is 0.00824. The third-order valence-corrected chi connectivity index (χ3v) is 3.03. The summed E-state index contributed by atoms with van der Waals surface area (Å²) in [5, 5.41) is 13.6. The molecule has 76 valence electrons. The van der Waals surface area contributed by atoms with Crippen molar-refractivity contribution in [3.05, 3.63) is 34.0 Å². The molecule has 0 fully saturated rings. The Balaban J connectivity index is 2.83. The van der Waals surface area contributed by atoms with E-state index in [1.54, 1.807) is 17.4 Å². The Labute approximate surface area is 87.1 Å². The third kappa shape index (κ3) is 2.68. The summed E-state index contributed by atoms with van der Waals surface area (Å²) in [5.74, 6) is -0.917. The minimum Gasteiger partial charge on any atom is -0.478 e. The molecule has 0 aliphatic carbocycles. The predicted molar refractivity (Wildman–Crippen MR) is 57.6 cm³/mol. The Bertz CT molecular complexity index is 344. The van der Waals surface area contributed by atoms with E-state index in [0.717, 1.165) is 4.88 Å². The number of hydrogen-bond donors (Lipinski definition) is 2. The first-order chi connectivity index (χ1) is 6.65. The quantitative estimate of drug-likeness (QED) is 0.748. The second-order valence-electron chi connectivity index (χ2n) is 2.93. The molecule has 1 aromatic rings. The number of rotatable bonds is 4. The summed E-state index contributed by atoms with van der Waals surface area (Å²) in [6, 6.07) is 2.02. The smallest absolute Gasteiger partial charge is 0.328 e. The molecule has 0 aromatic carbocycles. The van der Waals surface area contributed by atoms with Gasteiger partial charge in [0.05, 0.1) is 6.04 Å². The highest BCUT2D eigenvalue weighted by molar-refractivity contribution is 7.10. The van der Waals surface area contributed by atoms with E-state index < -0.39 is 5.97 Å². The van der Waals surface area contributed by atoms with Gasteiger partial charge in [-0.15, -0.1) is 11.3 Å². The number of carboxylic acid groups (broad SMARTS) is 1. The zero-order valence-electron chi connectivity index (χ0n) is 8.15. The molecule has 0 aliphatic heterocycles. The Morgan fingerprint density at radius 2 is 2.43 bits per heavy atom. The second kappa shape index (κ2) is 4.93. The number of nitrogens with one attached hydrogen (secondary N) is 1. The molecule has 4 heteroatoms. The lowest BCUT2D eigenvalue weighted by atomic mass is 10.1. The lowest BCUT2D eigenvalue weighted by Gasteiger charge is -2.10. The lowest BCUT2D eigenvalue weighted by Crippen LogP contribution is -2.13. The van der Waals surface area contributed by atoms with Crippen LogP contribution < -0.4 is 5.32 Å². The molecule has 0 bridgehead atoms. The van der Waals surface area contributed by atoms with Crippen molar-refractivity contribution in [2.24, 2.45) is 0 Å². The maximum absolute atomic E-state index is 10.4. The average Bonchev–Trinajstić information content (AvgIpc) is 2.53. The van der Waals surface area contributed by atoms with Crippen molar-refractivity contribution in [3.8, 4) is 0 Å². The van der Waals surface area contributed by atoms with Crippen LogP contribution in [0.15, 0.2) is 23.6 Å². The SMILES string of the molecule is CNC(/C=C/C(=O)O)c1sccc1C. The van der Waals surface area contributed by atoms with E-state index in [1.165, 1.54) is 11.6 Å². The molecule has 0 saturated carbocycles. The summed E-state index contributed by atoms with van der Waals surface area (Å²) < 4.78 is 0. The van der Waals surface area contributed by atoms with Gasteiger partial charge >= 0.3 is 5.97 Å². The fourth-order valence-corrected chi connectivity index (χ4v) is 2.21. The zero-order chi connectivity index (χ0) is 10.6. The Kier molecular flexibility index (Phi) is 3.85. The number of carbonyl (C=O) groups is 1. The first-order valence-corrected chi connectivity index (χ1v) is 5.15. The van der Waals surface area contributed by atoms with E-state index in [-0.39, 0.29) is 6.04 Å². The monoisotopic (exact) mass is 211 g/mol. The van der Waals surface area contributed by atoms with Crippen molar-refractivity contribution in [3.63, 3.8) is 0 Å². The van der Waals surface area contributed by atoms with Crippen LogP contribution in [-0.4, -0.2) is 18.1 Å². The van der Waals surface area contributed by atoms with Gasteiger partial charge in [-0.3, -0.25) is 0 Å². The number of hydrogen-bond acceptors (Lipinski definition) is 3. The zero-order valence-corrected chi connectivity index (χ0v) is 8.97. The van der Waals surface area contributed by atoms with Crippen molar-refractivity contribution >= 4 is 17.3 Å². The van der Waals surface area contributed by atoms with Gasteiger partial charge < -0.3 is 10.4 Å². The molecular formula is C10H13NO2S. The number of likely N-dealkylation sites (N-methyl/N-ethyl adjacent to an activating group) is 1. The van der Waals surface area contributed by atoms with Crippen LogP contribution in [0.25, 0.3) is 0 Å². The highest BCUT2D eigenvalue weighted by Gasteiger charge is 2.09. The highest BCUT2D eigenvalue weighted by atomic mass is 32.1. The van der Waals surface area contributed by atoms with E-state index in [2.05, 4.69) is 5.32 Å². The molecular weight excluding hydrogens is 198 g/mol. The Hall–Kier alpha value is -1.13. The van der Waals surface area contributed by atoms with Crippen LogP contribution >= 0.6 is 11.3 Å². The van der Waals surface area contributed by atoms with Crippen molar-refractivity contribution in [2.45, 2.75) is 13.0 Å². The molecule has 1 aromatic heterocycles. The van der Waals surface area contributed by atoms with E-state index in [4.69, 9.17) is 5.11 Å². The van der Waals surface area contributed by atoms with Crippen molar-refractivity contribution < 1.29 is 9.90 Å². The molecule has 0 amide bonds. The van der Waals surface area contributed by atoms with E-state index >= 15 is 0 Å². The number of thiophene rings is 1. The molecule has 0 spiro atoms. The van der Waals surface area contributed by atoms with Crippen molar-refractivity contribution in [2.75, 3.05) is 7.05 Å². The van der Waals surface area contributed by atoms with Gasteiger partial charge in [-0.25, -0.2) is 4.79 Å². The van der Waals surface area contributed by atoms with Crippen LogP contribution in [-0.2, 0) is 4.79 Å². The van der Waals surface area contributed by atoms with Crippen molar-refractivity contribution in [1.29, 1.82) is 0 Å². The summed E-state index contributed by atoms with van der Waals surface area (Å²) in [5.41, 5.74) is 1.18.